The molecule has 0 aliphatic carbocycles. The topological polar surface area (TPSA) is 140 Å². The van der Waals surface area contributed by atoms with Crippen LogP contribution in [-0.2, 0) is 20.9 Å². The summed E-state index contributed by atoms with van der Waals surface area (Å²) in [5.74, 6) is -0.498. The zero-order valence-electron chi connectivity index (χ0n) is 20.2. The number of nitrogens with two attached hydrogens (primary N) is 2. The smallest absolute Gasteiger partial charge is 0.261 e. The van der Waals surface area contributed by atoms with E-state index in [0.717, 1.165) is 11.1 Å². The molecule has 33 heavy (non-hydrogen) atoms. The number of sulfonamides is 1. The van der Waals surface area contributed by atoms with Crippen LogP contribution < -0.4 is 21.5 Å². The van der Waals surface area contributed by atoms with Crippen molar-refractivity contribution >= 4 is 27.6 Å². The predicted molar refractivity (Wildman–Crippen MR) is 134 cm³/mol. The van der Waals surface area contributed by atoms with Gasteiger partial charge in [-0.1, -0.05) is 59.7 Å². The van der Waals surface area contributed by atoms with Crippen LogP contribution in [0, 0.1) is 0 Å². The van der Waals surface area contributed by atoms with Crippen molar-refractivity contribution in [3.63, 3.8) is 0 Å². The number of rotatable bonds is 7. The lowest BCUT2D eigenvalue weighted by Gasteiger charge is -2.26. The van der Waals surface area contributed by atoms with Gasteiger partial charge in [-0.15, -0.1) is 0 Å². The van der Waals surface area contributed by atoms with Gasteiger partial charge < -0.3 is 16.8 Å². The van der Waals surface area contributed by atoms with Crippen LogP contribution in [0.1, 0.15) is 63.0 Å². The fraction of sp³-hybridized carbons (Fsp3) is 0.417. The minimum atomic E-state index is -3.96. The van der Waals surface area contributed by atoms with E-state index in [2.05, 4.69) is 21.1 Å². The molecule has 2 rings (SSSR count). The summed E-state index contributed by atoms with van der Waals surface area (Å²) in [6.45, 7) is 12.7. The van der Waals surface area contributed by atoms with Gasteiger partial charge in [-0.3, -0.25) is 14.5 Å². The van der Waals surface area contributed by atoms with E-state index in [1.807, 2.05) is 41.5 Å². The zero-order chi connectivity index (χ0) is 25.0. The van der Waals surface area contributed by atoms with Crippen molar-refractivity contribution in [2.24, 2.45) is 16.5 Å². The fourth-order valence-electron chi connectivity index (χ4n) is 3.04. The average molecular weight is 474 g/mol. The molecule has 6 N–H and O–H groups in total. The highest BCUT2D eigenvalue weighted by atomic mass is 32.2. The SMILES string of the molecule is CC(C)(C)c1cc(C(C)(C)C)cc(S(=O)(=O)Nc2ccccc2C(=O)NCCN=C(N)N)c1. The second kappa shape index (κ2) is 9.82. The van der Waals surface area contributed by atoms with Crippen molar-refractivity contribution in [3.8, 4) is 0 Å². The maximum absolute atomic E-state index is 13.4. The first kappa shape index (κ1) is 26.2. The lowest BCUT2D eigenvalue weighted by molar-refractivity contribution is 0.0955. The van der Waals surface area contributed by atoms with E-state index >= 15 is 0 Å². The van der Waals surface area contributed by atoms with E-state index in [0.29, 0.717) is 0 Å². The molecule has 0 aliphatic heterocycles. The van der Waals surface area contributed by atoms with Gasteiger partial charge in [-0.25, -0.2) is 8.42 Å². The molecule has 0 aromatic heterocycles. The quantitative estimate of drug-likeness (QED) is 0.278. The van der Waals surface area contributed by atoms with Gasteiger partial charge in [0.05, 0.1) is 22.7 Å². The number of hydrogen-bond acceptors (Lipinski definition) is 4. The maximum atomic E-state index is 13.4. The van der Waals surface area contributed by atoms with Gasteiger partial charge in [-0.2, -0.15) is 0 Å². The first-order valence-electron chi connectivity index (χ1n) is 10.7. The minimum absolute atomic E-state index is 0.0653. The van der Waals surface area contributed by atoms with Gasteiger partial charge in [0.15, 0.2) is 5.96 Å². The Labute approximate surface area is 196 Å². The molecule has 0 aliphatic rings. The largest absolute Gasteiger partial charge is 0.370 e. The molecule has 0 saturated carbocycles. The number of carbonyl (C=O) groups excluding carboxylic acids is 1. The normalized spacial score (nSPS) is 12.2. The summed E-state index contributed by atoms with van der Waals surface area (Å²) in [5, 5.41) is 2.69. The molecule has 1 amide bonds. The van der Waals surface area contributed by atoms with Gasteiger partial charge >= 0.3 is 0 Å². The predicted octanol–water partition coefficient (Wildman–Crippen LogP) is 3.09. The molecule has 180 valence electrons. The van der Waals surface area contributed by atoms with Crippen LogP contribution >= 0.6 is 0 Å². The summed E-state index contributed by atoms with van der Waals surface area (Å²) in [4.78, 5) is 16.6. The first-order chi connectivity index (χ1) is 15.1. The van der Waals surface area contributed by atoms with Gasteiger partial charge in [0.25, 0.3) is 15.9 Å². The Bertz CT molecular complexity index is 1110. The van der Waals surface area contributed by atoms with E-state index in [1.165, 1.54) is 0 Å². The first-order valence-corrected chi connectivity index (χ1v) is 12.2. The van der Waals surface area contributed by atoms with Crippen LogP contribution in [0.3, 0.4) is 0 Å². The Kier molecular flexibility index (Phi) is 7.79. The van der Waals surface area contributed by atoms with Crippen LogP contribution in [-0.4, -0.2) is 33.4 Å². The summed E-state index contributed by atoms with van der Waals surface area (Å²) >= 11 is 0. The van der Waals surface area contributed by atoms with Crippen molar-refractivity contribution < 1.29 is 13.2 Å². The van der Waals surface area contributed by atoms with E-state index < -0.39 is 15.9 Å². The van der Waals surface area contributed by atoms with Crippen molar-refractivity contribution in [1.82, 2.24) is 5.32 Å². The highest BCUT2D eigenvalue weighted by Crippen LogP contribution is 2.32. The van der Waals surface area contributed by atoms with Gasteiger partial charge in [0.2, 0.25) is 0 Å². The van der Waals surface area contributed by atoms with Crippen LogP contribution in [0.2, 0.25) is 0 Å². The van der Waals surface area contributed by atoms with E-state index in [4.69, 9.17) is 11.5 Å². The summed E-state index contributed by atoms with van der Waals surface area (Å²) in [6.07, 6.45) is 0. The van der Waals surface area contributed by atoms with Crippen molar-refractivity contribution in [2.75, 3.05) is 17.8 Å². The fourth-order valence-corrected chi connectivity index (χ4v) is 4.19. The van der Waals surface area contributed by atoms with E-state index in [-0.39, 0.29) is 46.0 Å². The molecule has 8 nitrogen and oxygen atoms in total. The third kappa shape index (κ3) is 7.21. The molecule has 0 radical (unpaired) electrons. The molecular weight excluding hydrogens is 438 g/mol. The molecule has 0 saturated heterocycles. The Balaban J connectivity index is 2.41. The molecule has 2 aromatic rings. The van der Waals surface area contributed by atoms with Crippen molar-refractivity contribution in [1.29, 1.82) is 0 Å². The van der Waals surface area contributed by atoms with E-state index in [9.17, 15) is 13.2 Å². The molecule has 0 unspecified atom stereocenters. The summed E-state index contributed by atoms with van der Waals surface area (Å²) in [7, 11) is -3.96. The number of nitrogens with one attached hydrogen (secondary N) is 2. The number of carbonyl (C=O) groups is 1. The number of anilines is 1. The van der Waals surface area contributed by atoms with Gasteiger partial charge in [0.1, 0.15) is 0 Å². The number of benzene rings is 2. The Morgan fingerprint density at radius 3 is 2.00 bits per heavy atom. The molecular formula is C24H35N5O3S. The second-order valence-electron chi connectivity index (χ2n) is 9.96. The Morgan fingerprint density at radius 2 is 1.48 bits per heavy atom. The lowest BCUT2D eigenvalue weighted by Crippen LogP contribution is -2.29. The number of para-hydroxylation sites is 1. The number of amides is 1. The zero-order valence-corrected chi connectivity index (χ0v) is 21.0. The molecule has 2 aromatic carbocycles. The number of nitrogens with zero attached hydrogens (tertiary/aromatic N) is 1. The third-order valence-electron chi connectivity index (χ3n) is 5.06. The number of aliphatic imine (C=N–C) groups is 1. The number of hydrogen-bond donors (Lipinski definition) is 4. The Morgan fingerprint density at radius 1 is 0.939 bits per heavy atom. The minimum Gasteiger partial charge on any atom is -0.370 e. The lowest BCUT2D eigenvalue weighted by atomic mass is 9.81. The van der Waals surface area contributed by atoms with Crippen LogP contribution in [0.4, 0.5) is 5.69 Å². The molecule has 9 heteroatoms. The molecule has 0 heterocycles. The second-order valence-corrected chi connectivity index (χ2v) is 11.6. The average Bonchev–Trinajstić information content (AvgIpc) is 2.69. The van der Waals surface area contributed by atoms with Gasteiger partial charge in [0, 0.05) is 6.54 Å². The molecule has 0 fully saturated rings. The summed E-state index contributed by atoms with van der Waals surface area (Å²) in [5.41, 5.74) is 12.3. The van der Waals surface area contributed by atoms with Crippen LogP contribution in [0.25, 0.3) is 0 Å². The summed E-state index contributed by atoms with van der Waals surface area (Å²) < 4.78 is 29.4. The van der Waals surface area contributed by atoms with Crippen molar-refractivity contribution in [3.05, 3.63) is 59.2 Å². The monoisotopic (exact) mass is 473 g/mol. The Hall–Kier alpha value is -3.07. The third-order valence-corrected chi connectivity index (χ3v) is 6.40. The standard InChI is InChI=1S/C24H35N5O3S/c1-23(2,3)16-13-17(24(4,5)6)15-18(14-16)33(31,32)29-20-10-8-7-9-19(20)21(30)27-11-12-28-22(25)26/h7-10,13-15,29H,11-12H2,1-6H3,(H,27,30)(H4,25,26,28). The molecule has 0 spiro atoms. The highest BCUT2D eigenvalue weighted by molar-refractivity contribution is 7.92. The van der Waals surface area contributed by atoms with Gasteiger partial charge in [-0.05, 0) is 46.2 Å². The molecule has 0 bridgehead atoms. The van der Waals surface area contributed by atoms with E-state index in [1.54, 1.807) is 36.4 Å². The van der Waals surface area contributed by atoms with Crippen LogP contribution in [0.15, 0.2) is 52.4 Å². The maximum Gasteiger partial charge on any atom is 0.261 e. The summed E-state index contributed by atoms with van der Waals surface area (Å²) in [6, 6.07) is 11.9. The number of guanidine groups is 1. The van der Waals surface area contributed by atoms with Crippen LogP contribution in [0.5, 0.6) is 0 Å². The highest BCUT2D eigenvalue weighted by Gasteiger charge is 2.25. The molecule has 0 atom stereocenters. The van der Waals surface area contributed by atoms with Crippen molar-refractivity contribution in [2.45, 2.75) is 57.3 Å².